The molecule has 0 bridgehead atoms. The SMILES string of the molecule is C\C=C(/C=C(/C=C(/C)CC)C(\C)=C\CC)c1cccc(C=O)n1. The highest BCUT2D eigenvalue weighted by Gasteiger charge is 2.04. The van der Waals surface area contributed by atoms with Crippen LogP contribution in [0.15, 0.2) is 59.2 Å². The maximum Gasteiger partial charge on any atom is 0.168 e. The minimum atomic E-state index is 0.456. The third kappa shape index (κ3) is 5.82. The molecule has 23 heavy (non-hydrogen) atoms. The van der Waals surface area contributed by atoms with Crippen LogP contribution in [-0.4, -0.2) is 11.3 Å². The van der Waals surface area contributed by atoms with Crippen LogP contribution < -0.4 is 0 Å². The first-order chi connectivity index (χ1) is 11.0. The van der Waals surface area contributed by atoms with E-state index in [9.17, 15) is 4.79 Å². The average Bonchev–Trinajstić information content (AvgIpc) is 2.58. The maximum absolute atomic E-state index is 11.0. The molecule has 1 aromatic rings. The zero-order valence-corrected chi connectivity index (χ0v) is 14.9. The van der Waals surface area contributed by atoms with E-state index in [4.69, 9.17) is 0 Å². The molecule has 0 saturated carbocycles. The van der Waals surface area contributed by atoms with Gasteiger partial charge in [-0.1, -0.05) is 43.7 Å². The summed E-state index contributed by atoms with van der Waals surface area (Å²) < 4.78 is 0. The molecule has 1 aromatic heterocycles. The second kappa shape index (κ2) is 9.73. The second-order valence-corrected chi connectivity index (χ2v) is 5.55. The van der Waals surface area contributed by atoms with Gasteiger partial charge in [0.1, 0.15) is 5.69 Å². The van der Waals surface area contributed by atoms with Crippen molar-refractivity contribution >= 4 is 11.9 Å². The maximum atomic E-state index is 11.0. The van der Waals surface area contributed by atoms with Gasteiger partial charge in [0.2, 0.25) is 0 Å². The van der Waals surface area contributed by atoms with Gasteiger partial charge in [0, 0.05) is 0 Å². The molecular weight excluding hydrogens is 282 g/mol. The Labute approximate surface area is 140 Å². The number of aromatic nitrogens is 1. The van der Waals surface area contributed by atoms with Crippen LogP contribution in [0.25, 0.3) is 5.57 Å². The van der Waals surface area contributed by atoms with Crippen LogP contribution in [-0.2, 0) is 0 Å². The van der Waals surface area contributed by atoms with Crippen LogP contribution in [0.2, 0.25) is 0 Å². The molecule has 0 aliphatic carbocycles. The van der Waals surface area contributed by atoms with E-state index in [0.29, 0.717) is 5.69 Å². The lowest BCUT2D eigenvalue weighted by atomic mass is 9.98. The minimum Gasteiger partial charge on any atom is -0.296 e. The van der Waals surface area contributed by atoms with Gasteiger partial charge in [-0.2, -0.15) is 0 Å². The van der Waals surface area contributed by atoms with Crippen LogP contribution in [0.1, 0.15) is 63.6 Å². The standard InChI is InChI=1S/C21H27NO/c1-6-10-17(5)19(13-16(4)7-2)14-18(8-3)21-12-9-11-20(15-23)22-21/h8-15H,6-7H2,1-5H3/b16-13-,17-10+,18-8+,19-14-. The van der Waals surface area contributed by atoms with E-state index in [1.54, 1.807) is 6.07 Å². The number of rotatable bonds is 7. The van der Waals surface area contributed by atoms with E-state index < -0.39 is 0 Å². The summed E-state index contributed by atoms with van der Waals surface area (Å²) in [6.45, 7) is 10.6. The Morgan fingerprint density at radius 1 is 1.17 bits per heavy atom. The Balaban J connectivity index is 3.36. The first kappa shape index (κ1) is 18.8. The first-order valence-electron chi connectivity index (χ1n) is 8.20. The zero-order chi connectivity index (χ0) is 17.2. The van der Waals surface area contributed by atoms with Gasteiger partial charge in [0.05, 0.1) is 5.69 Å². The first-order valence-corrected chi connectivity index (χ1v) is 8.20. The third-order valence-electron chi connectivity index (χ3n) is 3.73. The summed E-state index contributed by atoms with van der Waals surface area (Å²) in [4.78, 5) is 15.4. The number of allylic oxidation sites excluding steroid dienone is 8. The highest BCUT2D eigenvalue weighted by molar-refractivity contribution is 5.77. The Morgan fingerprint density at radius 3 is 2.48 bits per heavy atom. The molecule has 1 heterocycles. The summed E-state index contributed by atoms with van der Waals surface area (Å²) in [5, 5.41) is 0. The van der Waals surface area contributed by atoms with Crippen molar-refractivity contribution in [1.29, 1.82) is 0 Å². The van der Waals surface area contributed by atoms with Gasteiger partial charge in [-0.3, -0.25) is 4.79 Å². The fraction of sp³-hybridized carbons (Fsp3) is 0.333. The molecule has 0 amide bonds. The van der Waals surface area contributed by atoms with E-state index in [2.05, 4.69) is 50.9 Å². The van der Waals surface area contributed by atoms with E-state index >= 15 is 0 Å². The molecule has 0 N–H and O–H groups in total. The van der Waals surface area contributed by atoms with Crippen molar-refractivity contribution in [2.24, 2.45) is 0 Å². The topological polar surface area (TPSA) is 30.0 Å². The predicted octanol–water partition coefficient (Wildman–Crippen LogP) is 5.94. The molecule has 1 rings (SSSR count). The number of nitrogens with zero attached hydrogens (tertiary/aromatic N) is 1. The lowest BCUT2D eigenvalue weighted by molar-refractivity contribution is 0.111. The summed E-state index contributed by atoms with van der Waals surface area (Å²) in [5.74, 6) is 0. The molecule has 0 aromatic carbocycles. The van der Waals surface area contributed by atoms with Crippen molar-refractivity contribution in [2.45, 2.75) is 47.5 Å². The molecule has 2 heteroatoms. The molecule has 0 radical (unpaired) electrons. The zero-order valence-electron chi connectivity index (χ0n) is 14.9. The van der Waals surface area contributed by atoms with Gasteiger partial charge in [-0.05, 0) is 68.5 Å². The van der Waals surface area contributed by atoms with E-state index in [-0.39, 0.29) is 0 Å². The average molecular weight is 309 g/mol. The van der Waals surface area contributed by atoms with Gasteiger partial charge < -0.3 is 0 Å². The van der Waals surface area contributed by atoms with Gasteiger partial charge >= 0.3 is 0 Å². The number of hydrogen-bond acceptors (Lipinski definition) is 2. The van der Waals surface area contributed by atoms with Crippen LogP contribution in [0.3, 0.4) is 0 Å². The van der Waals surface area contributed by atoms with E-state index in [1.807, 2.05) is 25.1 Å². The number of carbonyl (C=O) groups excluding carboxylic acids is 1. The van der Waals surface area contributed by atoms with Gasteiger partial charge in [-0.25, -0.2) is 4.98 Å². The van der Waals surface area contributed by atoms with Crippen LogP contribution in [0, 0.1) is 0 Å². The number of hydrogen-bond donors (Lipinski definition) is 0. The number of pyridine rings is 1. The lowest BCUT2D eigenvalue weighted by Crippen LogP contribution is -1.94. The fourth-order valence-electron chi connectivity index (χ4n) is 2.21. The summed E-state index contributed by atoms with van der Waals surface area (Å²) in [5.41, 5.74) is 6.08. The smallest absolute Gasteiger partial charge is 0.168 e. The molecule has 0 saturated heterocycles. The molecule has 122 valence electrons. The van der Waals surface area contributed by atoms with Gasteiger partial charge in [-0.15, -0.1) is 0 Å². The second-order valence-electron chi connectivity index (χ2n) is 5.55. The summed E-state index contributed by atoms with van der Waals surface area (Å²) >= 11 is 0. The molecule has 0 aliphatic rings. The van der Waals surface area contributed by atoms with Crippen LogP contribution in [0.5, 0.6) is 0 Å². The largest absolute Gasteiger partial charge is 0.296 e. The Kier molecular flexibility index (Phi) is 7.96. The lowest BCUT2D eigenvalue weighted by Gasteiger charge is -2.08. The van der Waals surface area contributed by atoms with Crippen molar-refractivity contribution in [2.75, 3.05) is 0 Å². The van der Waals surface area contributed by atoms with Gasteiger partial charge in [0.15, 0.2) is 6.29 Å². The van der Waals surface area contributed by atoms with Crippen LogP contribution >= 0.6 is 0 Å². The highest BCUT2D eigenvalue weighted by Crippen LogP contribution is 2.22. The van der Waals surface area contributed by atoms with Crippen molar-refractivity contribution in [3.8, 4) is 0 Å². The number of carbonyl (C=O) groups is 1. The summed E-state index contributed by atoms with van der Waals surface area (Å²) in [6.07, 6.45) is 11.5. The van der Waals surface area contributed by atoms with Crippen molar-refractivity contribution < 1.29 is 4.79 Å². The molecule has 0 aliphatic heterocycles. The molecule has 0 spiro atoms. The van der Waals surface area contributed by atoms with E-state index in [1.165, 1.54) is 16.7 Å². The Bertz CT molecular complexity index is 660. The monoisotopic (exact) mass is 309 g/mol. The molecule has 0 unspecified atom stereocenters. The van der Waals surface area contributed by atoms with E-state index in [0.717, 1.165) is 30.4 Å². The van der Waals surface area contributed by atoms with Crippen molar-refractivity contribution in [1.82, 2.24) is 4.98 Å². The summed E-state index contributed by atoms with van der Waals surface area (Å²) in [6, 6.07) is 5.52. The quantitative estimate of drug-likeness (QED) is 0.461. The number of aldehydes is 1. The summed E-state index contributed by atoms with van der Waals surface area (Å²) in [7, 11) is 0. The molecule has 0 atom stereocenters. The molecule has 0 fully saturated rings. The van der Waals surface area contributed by atoms with Gasteiger partial charge in [0.25, 0.3) is 0 Å². The third-order valence-corrected chi connectivity index (χ3v) is 3.73. The normalized spacial score (nSPS) is 14.1. The van der Waals surface area contributed by atoms with Crippen molar-refractivity contribution in [3.63, 3.8) is 0 Å². The minimum absolute atomic E-state index is 0.456. The Hall–Kier alpha value is -2.22. The molecular formula is C21H27NO. The Morgan fingerprint density at radius 2 is 1.91 bits per heavy atom. The highest BCUT2D eigenvalue weighted by atomic mass is 16.1. The fourth-order valence-corrected chi connectivity index (χ4v) is 2.21. The van der Waals surface area contributed by atoms with Crippen LogP contribution in [0.4, 0.5) is 0 Å². The molecule has 2 nitrogen and oxygen atoms in total. The van der Waals surface area contributed by atoms with Crippen molar-refractivity contribution in [3.05, 3.63) is 70.6 Å². The predicted molar refractivity (Wildman–Crippen MR) is 99.5 cm³/mol.